The zero-order valence-corrected chi connectivity index (χ0v) is 21.1. The van der Waals surface area contributed by atoms with Crippen molar-refractivity contribution in [3.8, 4) is 11.3 Å². The van der Waals surface area contributed by atoms with Gasteiger partial charge in [-0.3, -0.25) is 0 Å². The van der Waals surface area contributed by atoms with Gasteiger partial charge in [-0.05, 0) is 44.0 Å². The molecule has 180 valence electrons. The van der Waals surface area contributed by atoms with Crippen molar-refractivity contribution >= 4 is 34.1 Å². The predicted octanol–water partition coefficient (Wildman–Crippen LogP) is 5.44. The number of carbonyl (C=O) groups excluding carboxylic acids is 2. The maximum atomic E-state index is 12.7. The first-order chi connectivity index (χ1) is 16.8. The van der Waals surface area contributed by atoms with E-state index in [1.807, 2.05) is 41.8 Å². The number of aromatic nitrogens is 1. The topological polar surface area (TPSA) is 89.5 Å². The van der Waals surface area contributed by atoms with Crippen molar-refractivity contribution in [2.24, 2.45) is 0 Å². The van der Waals surface area contributed by atoms with Crippen LogP contribution in [0.5, 0.6) is 0 Å². The Morgan fingerprint density at radius 3 is 2.23 bits per heavy atom. The zero-order valence-electron chi connectivity index (χ0n) is 20.3. The molecule has 1 aromatic heterocycles. The highest BCUT2D eigenvalue weighted by Gasteiger charge is 2.37. The number of ether oxygens (including phenoxy) is 2. The molecule has 0 fully saturated rings. The minimum Gasteiger partial charge on any atom is -0.466 e. The van der Waals surface area contributed by atoms with Crippen LogP contribution in [0.25, 0.3) is 11.3 Å². The second kappa shape index (κ2) is 10.1. The van der Waals surface area contributed by atoms with Gasteiger partial charge in [0.05, 0.1) is 37.0 Å². The lowest BCUT2D eigenvalue weighted by Crippen LogP contribution is -2.32. The number of carbonyl (C=O) groups is 2. The summed E-state index contributed by atoms with van der Waals surface area (Å²) < 4.78 is 10.1. The van der Waals surface area contributed by atoms with E-state index in [9.17, 15) is 9.59 Å². The number of benzene rings is 2. The molecule has 0 atom stereocenters. The molecule has 7 nitrogen and oxygen atoms in total. The van der Waals surface area contributed by atoms with Crippen molar-refractivity contribution in [1.82, 2.24) is 10.3 Å². The molecule has 3 aromatic rings. The number of hydrogen-bond donors (Lipinski definition) is 2. The summed E-state index contributed by atoms with van der Waals surface area (Å²) in [7, 11) is 2.66. The second-order valence-corrected chi connectivity index (χ2v) is 9.08. The molecule has 35 heavy (non-hydrogen) atoms. The van der Waals surface area contributed by atoms with Crippen LogP contribution in [-0.4, -0.2) is 31.1 Å². The first kappa shape index (κ1) is 24.2. The van der Waals surface area contributed by atoms with Gasteiger partial charge in [-0.2, -0.15) is 0 Å². The Bertz CT molecular complexity index is 1320. The molecule has 2 heterocycles. The number of dihydropyridines is 1. The van der Waals surface area contributed by atoms with Gasteiger partial charge in [-0.15, -0.1) is 11.3 Å². The number of allylic oxidation sites excluding steroid dienone is 2. The molecule has 4 rings (SSSR count). The van der Waals surface area contributed by atoms with E-state index in [0.29, 0.717) is 22.5 Å². The van der Waals surface area contributed by atoms with Gasteiger partial charge in [0.15, 0.2) is 5.13 Å². The Labute approximate surface area is 208 Å². The molecule has 0 aliphatic carbocycles. The Morgan fingerprint density at radius 1 is 0.943 bits per heavy atom. The number of hydrogen-bond acceptors (Lipinski definition) is 8. The fourth-order valence-corrected chi connectivity index (χ4v) is 5.05. The minimum atomic E-state index is -0.642. The number of thiazole rings is 1. The molecule has 1 aliphatic rings. The summed E-state index contributed by atoms with van der Waals surface area (Å²) in [5.41, 5.74) is 6.70. The van der Waals surface area contributed by atoms with Gasteiger partial charge in [-0.1, -0.05) is 36.4 Å². The number of nitrogens with one attached hydrogen (secondary N) is 2. The molecule has 8 heteroatoms. The van der Waals surface area contributed by atoms with E-state index < -0.39 is 17.9 Å². The fourth-order valence-electron chi connectivity index (χ4n) is 4.32. The summed E-state index contributed by atoms with van der Waals surface area (Å²) in [6.07, 6.45) is 0. The molecule has 0 bridgehead atoms. The van der Waals surface area contributed by atoms with Crippen LogP contribution >= 0.6 is 11.3 Å². The number of rotatable bonds is 6. The summed E-state index contributed by atoms with van der Waals surface area (Å²) in [5, 5.41) is 9.24. The first-order valence-corrected chi connectivity index (χ1v) is 12.0. The molecule has 0 saturated heterocycles. The van der Waals surface area contributed by atoms with E-state index in [0.717, 1.165) is 33.2 Å². The molecule has 0 unspecified atom stereocenters. The van der Waals surface area contributed by atoms with Crippen LogP contribution in [-0.2, 0) is 19.1 Å². The fraction of sp³-hybridized carbons (Fsp3) is 0.222. The molecule has 0 saturated carbocycles. The molecular formula is C27H27N3O4S. The lowest BCUT2D eigenvalue weighted by atomic mass is 9.80. The summed E-state index contributed by atoms with van der Waals surface area (Å²) in [5.74, 6) is -1.65. The number of nitrogens with zero attached hydrogens (tertiary/aromatic N) is 1. The molecule has 1 aliphatic heterocycles. The van der Waals surface area contributed by atoms with Crippen molar-refractivity contribution < 1.29 is 19.1 Å². The quantitative estimate of drug-likeness (QED) is 0.446. The van der Waals surface area contributed by atoms with E-state index in [1.54, 1.807) is 13.8 Å². The standard InChI is InChI=1S/C27H27N3O4S/c1-15-9-6-7-12-20(15)21-14-35-27(30-21)29-19-11-8-10-18(13-19)24-22(25(31)33-4)16(2)28-17(3)23(24)26(32)34-5/h6-14,24,28H,1-5H3,(H,29,30). The van der Waals surface area contributed by atoms with E-state index in [2.05, 4.69) is 29.7 Å². The monoisotopic (exact) mass is 489 g/mol. The number of methoxy groups -OCH3 is 2. The van der Waals surface area contributed by atoms with Gasteiger partial charge in [0.1, 0.15) is 0 Å². The first-order valence-electron chi connectivity index (χ1n) is 11.1. The van der Waals surface area contributed by atoms with Gasteiger partial charge in [0, 0.05) is 28.0 Å². The summed E-state index contributed by atoms with van der Waals surface area (Å²) in [6, 6.07) is 15.7. The van der Waals surface area contributed by atoms with Crippen molar-refractivity contribution in [1.29, 1.82) is 0 Å². The summed E-state index contributed by atoms with van der Waals surface area (Å²) in [4.78, 5) is 30.2. The number of esters is 2. The SMILES string of the molecule is COC(=O)C1=C(C)NC(C)=C(C(=O)OC)C1c1cccc(Nc2nc(-c3ccccc3C)cs2)c1. The Balaban J connectivity index is 1.71. The maximum absolute atomic E-state index is 12.7. The van der Waals surface area contributed by atoms with Crippen LogP contribution in [0.1, 0.15) is 30.9 Å². The van der Waals surface area contributed by atoms with Crippen LogP contribution in [0, 0.1) is 6.92 Å². The van der Waals surface area contributed by atoms with Crippen molar-refractivity contribution in [2.75, 3.05) is 19.5 Å². The van der Waals surface area contributed by atoms with E-state index in [4.69, 9.17) is 14.5 Å². The van der Waals surface area contributed by atoms with Crippen LogP contribution in [0.2, 0.25) is 0 Å². The molecule has 0 amide bonds. The maximum Gasteiger partial charge on any atom is 0.336 e. The summed E-state index contributed by atoms with van der Waals surface area (Å²) in [6.45, 7) is 5.65. The van der Waals surface area contributed by atoms with Gasteiger partial charge in [-0.25, -0.2) is 14.6 Å². The van der Waals surface area contributed by atoms with Crippen molar-refractivity contribution in [2.45, 2.75) is 26.7 Å². The average molecular weight is 490 g/mol. The lowest BCUT2D eigenvalue weighted by Gasteiger charge is -2.30. The van der Waals surface area contributed by atoms with Crippen LogP contribution in [0.3, 0.4) is 0 Å². The largest absolute Gasteiger partial charge is 0.466 e. The Kier molecular flexibility index (Phi) is 7.02. The van der Waals surface area contributed by atoms with E-state index >= 15 is 0 Å². The molecule has 2 aromatic carbocycles. The third-order valence-corrected chi connectivity index (χ3v) is 6.73. The molecular weight excluding hydrogens is 462 g/mol. The summed E-state index contributed by atoms with van der Waals surface area (Å²) >= 11 is 1.51. The second-order valence-electron chi connectivity index (χ2n) is 8.22. The van der Waals surface area contributed by atoms with Crippen LogP contribution < -0.4 is 10.6 Å². The smallest absolute Gasteiger partial charge is 0.336 e. The molecule has 0 radical (unpaired) electrons. The van der Waals surface area contributed by atoms with Crippen molar-refractivity contribution in [3.63, 3.8) is 0 Å². The van der Waals surface area contributed by atoms with Crippen LogP contribution in [0.4, 0.5) is 10.8 Å². The average Bonchev–Trinajstić information content (AvgIpc) is 3.31. The number of anilines is 2. The van der Waals surface area contributed by atoms with Crippen molar-refractivity contribution in [3.05, 3.63) is 87.6 Å². The molecule has 2 N–H and O–H groups in total. The Morgan fingerprint density at radius 2 is 1.60 bits per heavy atom. The third-order valence-electron chi connectivity index (χ3n) is 5.97. The minimum absolute atomic E-state index is 0.367. The van der Waals surface area contributed by atoms with E-state index in [1.165, 1.54) is 25.6 Å². The van der Waals surface area contributed by atoms with Crippen LogP contribution in [0.15, 0.2) is 76.5 Å². The predicted molar refractivity (Wildman–Crippen MR) is 137 cm³/mol. The highest BCUT2D eigenvalue weighted by Crippen LogP contribution is 2.40. The van der Waals surface area contributed by atoms with Gasteiger partial charge < -0.3 is 20.1 Å². The van der Waals surface area contributed by atoms with Gasteiger partial charge in [0.25, 0.3) is 0 Å². The Hall–Kier alpha value is -3.91. The zero-order chi connectivity index (χ0) is 25.1. The third kappa shape index (κ3) is 4.83. The van der Waals surface area contributed by atoms with Gasteiger partial charge in [0.2, 0.25) is 0 Å². The number of aryl methyl sites for hydroxylation is 1. The lowest BCUT2D eigenvalue weighted by molar-refractivity contribution is -0.137. The van der Waals surface area contributed by atoms with Gasteiger partial charge >= 0.3 is 11.9 Å². The highest BCUT2D eigenvalue weighted by atomic mass is 32.1. The highest BCUT2D eigenvalue weighted by molar-refractivity contribution is 7.14. The van der Waals surface area contributed by atoms with E-state index in [-0.39, 0.29) is 0 Å². The molecule has 0 spiro atoms. The normalized spacial score (nSPS) is 14.0.